The van der Waals surface area contributed by atoms with Crippen LogP contribution in [0.15, 0.2) is 48.5 Å². The lowest BCUT2D eigenvalue weighted by Crippen LogP contribution is -2.25. The fourth-order valence-corrected chi connectivity index (χ4v) is 3.50. The zero-order valence-corrected chi connectivity index (χ0v) is 20.4. The van der Waals surface area contributed by atoms with Gasteiger partial charge >= 0.3 is 5.97 Å². The van der Waals surface area contributed by atoms with Crippen LogP contribution in [-0.4, -0.2) is 25.5 Å². The largest absolute Gasteiger partial charge is 0.496 e. The van der Waals surface area contributed by atoms with Crippen molar-refractivity contribution in [3.63, 3.8) is 0 Å². The Morgan fingerprint density at radius 2 is 1.58 bits per heavy atom. The first kappa shape index (κ1) is 26.9. The SMILES string of the molecule is CCCCCCCCOC(=O)C(C(=O)c1c(Cl)cccc1OC)c1ccccc1.O=[PH3]. The van der Waals surface area contributed by atoms with Gasteiger partial charge in [0.25, 0.3) is 0 Å². The molecule has 0 heterocycles. The maximum atomic E-state index is 13.3. The summed E-state index contributed by atoms with van der Waals surface area (Å²) in [6.45, 7) is 2.48. The van der Waals surface area contributed by atoms with Crippen LogP contribution < -0.4 is 4.74 Å². The quantitative estimate of drug-likeness (QED) is 0.123. The lowest BCUT2D eigenvalue weighted by atomic mass is 9.90. The van der Waals surface area contributed by atoms with Crippen LogP contribution in [0.2, 0.25) is 5.02 Å². The van der Waals surface area contributed by atoms with Gasteiger partial charge in [0.05, 0.1) is 33.4 Å². The van der Waals surface area contributed by atoms with Crippen LogP contribution in [0.5, 0.6) is 5.75 Å². The van der Waals surface area contributed by atoms with Gasteiger partial charge in [0.1, 0.15) is 11.7 Å². The highest BCUT2D eigenvalue weighted by Crippen LogP contribution is 2.32. The summed E-state index contributed by atoms with van der Waals surface area (Å²) < 4.78 is 19.1. The number of hydrogen-bond acceptors (Lipinski definition) is 5. The normalized spacial score (nSPS) is 11.2. The number of ketones is 1. The molecule has 2 atom stereocenters. The van der Waals surface area contributed by atoms with Crippen LogP contribution in [0.25, 0.3) is 0 Å². The number of ether oxygens (including phenoxy) is 2. The highest BCUT2D eigenvalue weighted by atomic mass is 35.5. The molecule has 5 nitrogen and oxygen atoms in total. The topological polar surface area (TPSA) is 69.7 Å². The average molecular weight is 467 g/mol. The van der Waals surface area contributed by atoms with E-state index in [4.69, 9.17) is 25.6 Å². The minimum atomic E-state index is -1.08. The summed E-state index contributed by atoms with van der Waals surface area (Å²) in [7, 11) is 2.08. The van der Waals surface area contributed by atoms with Crippen LogP contribution in [0.3, 0.4) is 0 Å². The van der Waals surface area contributed by atoms with Crippen molar-refractivity contribution in [1.82, 2.24) is 0 Å². The summed E-state index contributed by atoms with van der Waals surface area (Å²) in [4.78, 5) is 26.2. The van der Waals surface area contributed by atoms with E-state index in [0.717, 1.165) is 19.3 Å². The zero-order valence-electron chi connectivity index (χ0n) is 18.3. The van der Waals surface area contributed by atoms with E-state index in [9.17, 15) is 9.59 Å². The molecule has 31 heavy (non-hydrogen) atoms. The Hall–Kier alpha value is -2.10. The summed E-state index contributed by atoms with van der Waals surface area (Å²) in [6.07, 6.45) is 6.55. The molecule has 2 unspecified atom stereocenters. The van der Waals surface area contributed by atoms with Gasteiger partial charge in [-0.15, -0.1) is 0 Å². The van der Waals surface area contributed by atoms with Gasteiger partial charge in [0, 0.05) is 0 Å². The molecule has 7 heteroatoms. The second kappa shape index (κ2) is 15.7. The first-order chi connectivity index (χ1) is 15.1. The van der Waals surface area contributed by atoms with Crippen LogP contribution in [0.1, 0.15) is 67.3 Å². The van der Waals surface area contributed by atoms with Gasteiger partial charge in [0.2, 0.25) is 0 Å². The number of carbonyl (C=O) groups is 2. The molecular weight excluding hydrogens is 435 g/mol. The number of hydrogen-bond donors (Lipinski definition) is 0. The Morgan fingerprint density at radius 1 is 0.935 bits per heavy atom. The van der Waals surface area contributed by atoms with Gasteiger partial charge in [-0.25, -0.2) is 0 Å². The molecule has 0 spiro atoms. The van der Waals surface area contributed by atoms with Crippen molar-refractivity contribution in [2.45, 2.75) is 51.4 Å². The lowest BCUT2D eigenvalue weighted by Gasteiger charge is -2.18. The molecule has 0 N–H and O–H groups in total. The summed E-state index contributed by atoms with van der Waals surface area (Å²) in [5.74, 6) is -1.72. The van der Waals surface area contributed by atoms with Crippen LogP contribution >= 0.6 is 20.7 Å². The summed E-state index contributed by atoms with van der Waals surface area (Å²) >= 11 is 6.27. The van der Waals surface area contributed by atoms with Crippen LogP contribution in [0.4, 0.5) is 0 Å². The van der Waals surface area contributed by atoms with Crippen LogP contribution in [-0.2, 0) is 14.1 Å². The van der Waals surface area contributed by atoms with Crippen molar-refractivity contribution in [3.05, 3.63) is 64.7 Å². The summed E-state index contributed by atoms with van der Waals surface area (Å²) in [5, 5.41) is 0.249. The Bertz CT molecular complexity index is 813. The molecule has 2 aromatic rings. The summed E-state index contributed by atoms with van der Waals surface area (Å²) in [5.41, 5.74) is 0.773. The Labute approximate surface area is 191 Å². The first-order valence-electron chi connectivity index (χ1n) is 10.5. The number of esters is 1. The fraction of sp³-hybridized carbons (Fsp3) is 0.417. The third kappa shape index (κ3) is 8.51. The van der Waals surface area contributed by atoms with Gasteiger partial charge in [-0.05, 0) is 24.1 Å². The Morgan fingerprint density at radius 3 is 2.23 bits per heavy atom. The van der Waals surface area contributed by atoms with Gasteiger partial charge in [0.15, 0.2) is 5.78 Å². The van der Waals surface area contributed by atoms with Crippen LogP contribution in [0, 0.1) is 0 Å². The predicted octanol–water partition coefficient (Wildman–Crippen LogP) is 6.16. The molecule has 0 fully saturated rings. The summed E-state index contributed by atoms with van der Waals surface area (Å²) in [6, 6.07) is 13.9. The second-order valence-electron chi connectivity index (χ2n) is 6.96. The van der Waals surface area contributed by atoms with Gasteiger partial charge in [-0.3, -0.25) is 9.59 Å². The van der Waals surface area contributed by atoms with E-state index in [1.807, 2.05) is 6.07 Å². The van der Waals surface area contributed by atoms with E-state index in [1.54, 1.807) is 42.5 Å². The molecule has 0 aliphatic heterocycles. The lowest BCUT2D eigenvalue weighted by molar-refractivity contribution is -0.144. The minimum Gasteiger partial charge on any atom is -0.496 e. The minimum absolute atomic E-state index is 0.196. The standard InChI is InChI=1S/C24H29ClO4.H3OP/c1-3-4-5-6-7-11-17-29-24(27)21(18-13-9-8-10-14-18)23(26)22-19(25)15-12-16-20(22)28-2;1-2/h8-10,12-16,21H,3-7,11,17H2,1-2H3;2H3. The molecule has 0 aliphatic rings. The van der Waals surface area contributed by atoms with E-state index in [1.165, 1.54) is 26.4 Å². The molecule has 0 saturated heterocycles. The molecule has 2 aromatic carbocycles. The fourth-order valence-electron chi connectivity index (χ4n) is 3.24. The molecule has 0 aromatic heterocycles. The maximum absolute atomic E-state index is 13.3. The van der Waals surface area contributed by atoms with Gasteiger partial charge < -0.3 is 14.0 Å². The Balaban J connectivity index is 0.00000233. The number of unbranched alkanes of at least 4 members (excludes halogenated alkanes) is 5. The number of Topliss-reactive ketones (excluding diaryl/α,β-unsaturated/α-hetero) is 1. The van der Waals surface area contributed by atoms with Gasteiger partial charge in [-0.1, -0.05) is 87.0 Å². The number of carbonyl (C=O) groups excluding carboxylic acids is 2. The number of halogens is 1. The van der Waals surface area contributed by atoms with Gasteiger partial charge in [-0.2, -0.15) is 0 Å². The molecular formula is C24H32ClO5P. The second-order valence-corrected chi connectivity index (χ2v) is 7.37. The molecule has 170 valence electrons. The third-order valence-corrected chi connectivity index (χ3v) is 5.13. The first-order valence-corrected chi connectivity index (χ1v) is 11.4. The van der Waals surface area contributed by atoms with Crippen molar-refractivity contribution in [1.29, 1.82) is 0 Å². The third-order valence-electron chi connectivity index (χ3n) is 4.81. The molecule has 0 saturated carbocycles. The molecule has 0 bridgehead atoms. The van der Waals surface area contributed by atoms with Crippen molar-refractivity contribution in [2.75, 3.05) is 13.7 Å². The van der Waals surface area contributed by atoms with Crippen molar-refractivity contribution in [3.8, 4) is 5.75 Å². The van der Waals surface area contributed by atoms with Crippen molar-refractivity contribution >= 4 is 32.5 Å². The van der Waals surface area contributed by atoms with Crippen molar-refractivity contribution in [2.24, 2.45) is 0 Å². The maximum Gasteiger partial charge on any atom is 0.321 e. The van der Waals surface area contributed by atoms with E-state index in [-0.39, 0.29) is 10.6 Å². The number of rotatable bonds is 12. The highest BCUT2D eigenvalue weighted by molar-refractivity contribution is 7.00. The van der Waals surface area contributed by atoms with E-state index >= 15 is 0 Å². The number of methoxy groups -OCH3 is 1. The monoisotopic (exact) mass is 466 g/mol. The molecule has 0 radical (unpaired) electrons. The average Bonchev–Trinajstić information content (AvgIpc) is 2.80. The molecule has 0 aliphatic carbocycles. The van der Waals surface area contributed by atoms with E-state index < -0.39 is 17.7 Å². The molecule has 2 rings (SSSR count). The predicted molar refractivity (Wildman–Crippen MR) is 128 cm³/mol. The van der Waals surface area contributed by atoms with E-state index in [2.05, 4.69) is 6.92 Å². The number of benzene rings is 2. The smallest absolute Gasteiger partial charge is 0.321 e. The molecule has 0 amide bonds. The highest BCUT2D eigenvalue weighted by Gasteiger charge is 2.33. The van der Waals surface area contributed by atoms with Crippen molar-refractivity contribution < 1.29 is 23.6 Å². The zero-order chi connectivity index (χ0) is 23.1. The Kier molecular flexibility index (Phi) is 13.6. The van der Waals surface area contributed by atoms with E-state index in [0.29, 0.717) is 27.0 Å².